The number of amides is 1. The summed E-state index contributed by atoms with van der Waals surface area (Å²) in [6.45, 7) is 2.32. The predicted octanol–water partition coefficient (Wildman–Crippen LogP) is 2.61. The summed E-state index contributed by atoms with van der Waals surface area (Å²) in [4.78, 5) is 13.5. The van der Waals surface area contributed by atoms with Crippen molar-refractivity contribution in [1.82, 2.24) is 4.90 Å². The molecule has 1 aromatic rings. The van der Waals surface area contributed by atoms with E-state index in [1.165, 1.54) is 4.90 Å². The second-order valence-electron chi connectivity index (χ2n) is 5.04. The largest absolute Gasteiger partial charge is 0.390 e. The van der Waals surface area contributed by atoms with E-state index in [0.29, 0.717) is 25.9 Å². The first kappa shape index (κ1) is 14.2. The molecule has 1 N–H and O–H groups in total. The lowest BCUT2D eigenvalue weighted by Gasteiger charge is -2.35. The van der Waals surface area contributed by atoms with Gasteiger partial charge in [-0.3, -0.25) is 4.79 Å². The molecule has 3 nitrogen and oxygen atoms in total. The number of benzene rings is 1. The summed E-state index contributed by atoms with van der Waals surface area (Å²) in [5, 5.41) is 9.44. The normalized spacial score (nSPS) is 18.5. The monoisotopic (exact) mass is 289 g/mol. The van der Waals surface area contributed by atoms with Gasteiger partial charge in [0.25, 0.3) is 5.91 Å². The zero-order valence-electron chi connectivity index (χ0n) is 10.4. The number of piperidine rings is 1. The number of hydrogen-bond acceptors (Lipinski definition) is 2. The number of carbonyl (C=O) groups is 1. The van der Waals surface area contributed by atoms with Gasteiger partial charge in [0.05, 0.1) is 16.2 Å². The summed E-state index contributed by atoms with van der Waals surface area (Å²) in [6.07, 6.45) is 0.826. The van der Waals surface area contributed by atoms with Crippen LogP contribution in [0.3, 0.4) is 0 Å². The van der Waals surface area contributed by atoms with Gasteiger partial charge < -0.3 is 10.0 Å². The third-order valence-corrected chi connectivity index (χ3v) is 3.66. The molecule has 0 bridgehead atoms. The van der Waals surface area contributed by atoms with Crippen molar-refractivity contribution >= 4 is 17.5 Å². The maximum absolute atomic E-state index is 13.6. The van der Waals surface area contributed by atoms with Gasteiger partial charge in [-0.25, -0.2) is 8.78 Å². The molecular formula is C13H14ClF2NO2. The molecule has 0 spiro atoms. The Hall–Kier alpha value is -1.20. The summed E-state index contributed by atoms with van der Waals surface area (Å²) in [5.41, 5.74) is -1.14. The highest BCUT2D eigenvalue weighted by Gasteiger charge is 2.31. The Labute approximate surface area is 114 Å². The topological polar surface area (TPSA) is 40.5 Å². The minimum atomic E-state index is -0.839. The number of likely N-dealkylation sites (tertiary alicyclic amines) is 1. The molecule has 0 aliphatic carbocycles. The SMILES string of the molecule is CC1(O)CCN(C(=O)c2cc(F)c(Cl)cc2F)CC1. The first-order valence-corrected chi connectivity index (χ1v) is 6.34. The molecule has 104 valence electrons. The Morgan fingerprint density at radius 1 is 1.32 bits per heavy atom. The minimum absolute atomic E-state index is 0.315. The Balaban J connectivity index is 2.19. The van der Waals surface area contributed by atoms with Crippen LogP contribution in [0.1, 0.15) is 30.1 Å². The van der Waals surface area contributed by atoms with Crippen molar-refractivity contribution in [2.75, 3.05) is 13.1 Å². The molecule has 1 aliphatic heterocycles. The highest BCUT2D eigenvalue weighted by Crippen LogP contribution is 2.25. The van der Waals surface area contributed by atoms with Crippen LogP contribution in [0, 0.1) is 11.6 Å². The number of hydrogen-bond donors (Lipinski definition) is 1. The lowest BCUT2D eigenvalue weighted by Crippen LogP contribution is -2.45. The van der Waals surface area contributed by atoms with Crippen molar-refractivity contribution in [3.05, 3.63) is 34.4 Å². The van der Waals surface area contributed by atoms with E-state index < -0.39 is 23.1 Å². The fraction of sp³-hybridized carbons (Fsp3) is 0.462. The van der Waals surface area contributed by atoms with Crippen LogP contribution in [-0.2, 0) is 0 Å². The third kappa shape index (κ3) is 3.04. The van der Waals surface area contributed by atoms with E-state index in [2.05, 4.69) is 0 Å². The van der Waals surface area contributed by atoms with Gasteiger partial charge in [0.15, 0.2) is 0 Å². The van der Waals surface area contributed by atoms with E-state index in [9.17, 15) is 18.7 Å². The van der Waals surface area contributed by atoms with Gasteiger partial charge in [0.2, 0.25) is 0 Å². The second kappa shape index (κ2) is 5.06. The summed E-state index contributed by atoms with van der Waals surface area (Å²) >= 11 is 5.44. The predicted molar refractivity (Wildman–Crippen MR) is 67.1 cm³/mol. The van der Waals surface area contributed by atoms with Crippen LogP contribution >= 0.6 is 11.6 Å². The average molecular weight is 290 g/mol. The minimum Gasteiger partial charge on any atom is -0.390 e. The quantitative estimate of drug-likeness (QED) is 0.807. The first-order chi connectivity index (χ1) is 8.80. The molecule has 0 unspecified atom stereocenters. The number of rotatable bonds is 1. The molecule has 0 saturated carbocycles. The van der Waals surface area contributed by atoms with Crippen LogP contribution in [0.4, 0.5) is 8.78 Å². The fourth-order valence-corrected chi connectivity index (χ4v) is 2.20. The first-order valence-electron chi connectivity index (χ1n) is 5.96. The lowest BCUT2D eigenvalue weighted by molar-refractivity contribution is -0.00215. The van der Waals surface area contributed by atoms with Gasteiger partial charge >= 0.3 is 0 Å². The van der Waals surface area contributed by atoms with Crippen molar-refractivity contribution in [3.8, 4) is 0 Å². The summed E-state index contributed by atoms with van der Waals surface area (Å²) in [6, 6.07) is 1.61. The molecule has 0 atom stereocenters. The van der Waals surface area contributed by atoms with Crippen LogP contribution in [0.5, 0.6) is 0 Å². The Bertz CT molecular complexity index is 510. The molecule has 1 fully saturated rings. The van der Waals surface area contributed by atoms with Crippen molar-refractivity contribution in [1.29, 1.82) is 0 Å². The fourth-order valence-electron chi connectivity index (χ4n) is 2.05. The highest BCUT2D eigenvalue weighted by molar-refractivity contribution is 6.30. The standard InChI is InChI=1S/C13H14ClF2NO2/c1-13(19)2-4-17(5-3-13)12(18)8-6-11(16)9(14)7-10(8)15/h6-7,19H,2-5H2,1H3. The average Bonchev–Trinajstić information content (AvgIpc) is 2.33. The number of aliphatic hydroxyl groups is 1. The van der Waals surface area contributed by atoms with Crippen LogP contribution in [0.15, 0.2) is 12.1 Å². The smallest absolute Gasteiger partial charge is 0.256 e. The van der Waals surface area contributed by atoms with E-state index >= 15 is 0 Å². The van der Waals surface area contributed by atoms with Gasteiger partial charge in [0, 0.05) is 13.1 Å². The maximum Gasteiger partial charge on any atom is 0.256 e. The van der Waals surface area contributed by atoms with Crippen molar-refractivity contribution in [2.24, 2.45) is 0 Å². The van der Waals surface area contributed by atoms with Crippen LogP contribution in [-0.4, -0.2) is 34.6 Å². The third-order valence-electron chi connectivity index (χ3n) is 3.37. The molecule has 2 rings (SSSR count). The molecule has 1 heterocycles. The van der Waals surface area contributed by atoms with E-state index in [1.54, 1.807) is 6.92 Å². The lowest BCUT2D eigenvalue weighted by atomic mass is 9.93. The zero-order valence-corrected chi connectivity index (χ0v) is 11.2. The van der Waals surface area contributed by atoms with E-state index in [4.69, 9.17) is 11.6 Å². The second-order valence-corrected chi connectivity index (χ2v) is 5.44. The van der Waals surface area contributed by atoms with Gasteiger partial charge in [-0.15, -0.1) is 0 Å². The molecule has 0 aromatic heterocycles. The molecule has 1 amide bonds. The number of halogens is 3. The molecular weight excluding hydrogens is 276 g/mol. The molecule has 1 aliphatic rings. The van der Waals surface area contributed by atoms with Crippen molar-refractivity contribution in [2.45, 2.75) is 25.4 Å². The van der Waals surface area contributed by atoms with Gasteiger partial charge in [-0.2, -0.15) is 0 Å². The number of nitrogens with zero attached hydrogens (tertiary/aromatic N) is 1. The Kier molecular flexibility index (Phi) is 3.78. The molecule has 19 heavy (non-hydrogen) atoms. The Morgan fingerprint density at radius 2 is 1.89 bits per heavy atom. The molecule has 1 saturated heterocycles. The maximum atomic E-state index is 13.6. The Morgan fingerprint density at radius 3 is 2.47 bits per heavy atom. The summed E-state index contributed by atoms with van der Waals surface area (Å²) in [5.74, 6) is -2.24. The van der Waals surface area contributed by atoms with Crippen molar-refractivity contribution < 1.29 is 18.7 Å². The van der Waals surface area contributed by atoms with Crippen LogP contribution in [0.25, 0.3) is 0 Å². The molecule has 1 aromatic carbocycles. The summed E-state index contributed by atoms with van der Waals surface area (Å²) < 4.78 is 26.9. The molecule has 0 radical (unpaired) electrons. The van der Waals surface area contributed by atoms with E-state index in [-0.39, 0.29) is 10.6 Å². The van der Waals surface area contributed by atoms with Crippen LogP contribution in [0.2, 0.25) is 5.02 Å². The molecule has 6 heteroatoms. The van der Waals surface area contributed by atoms with Gasteiger partial charge in [-0.05, 0) is 31.9 Å². The van der Waals surface area contributed by atoms with Crippen LogP contribution < -0.4 is 0 Å². The zero-order chi connectivity index (χ0) is 14.2. The number of carbonyl (C=O) groups excluding carboxylic acids is 1. The highest BCUT2D eigenvalue weighted by atomic mass is 35.5. The van der Waals surface area contributed by atoms with E-state index in [0.717, 1.165) is 12.1 Å². The van der Waals surface area contributed by atoms with E-state index in [1.807, 2.05) is 0 Å². The van der Waals surface area contributed by atoms with Gasteiger partial charge in [-0.1, -0.05) is 11.6 Å². The summed E-state index contributed by atoms with van der Waals surface area (Å²) in [7, 11) is 0. The van der Waals surface area contributed by atoms with Crippen molar-refractivity contribution in [3.63, 3.8) is 0 Å². The van der Waals surface area contributed by atoms with Gasteiger partial charge in [0.1, 0.15) is 11.6 Å².